The molecular weight excluding hydrogens is 264 g/mol. The fourth-order valence-electron chi connectivity index (χ4n) is 4.15. The minimum Gasteiger partial charge on any atom is -0.397 e. The zero-order chi connectivity index (χ0) is 14.3. The van der Waals surface area contributed by atoms with Crippen LogP contribution >= 0.6 is 0 Å². The molecule has 1 aliphatic carbocycles. The van der Waals surface area contributed by atoms with Crippen molar-refractivity contribution < 1.29 is 4.63 Å². The van der Waals surface area contributed by atoms with Crippen molar-refractivity contribution in [2.24, 2.45) is 5.41 Å². The molecule has 21 heavy (non-hydrogen) atoms. The van der Waals surface area contributed by atoms with Gasteiger partial charge in [-0.15, -0.1) is 0 Å². The molecule has 1 saturated carbocycles. The first-order chi connectivity index (χ1) is 10.3. The van der Waals surface area contributed by atoms with Crippen molar-refractivity contribution in [2.45, 2.75) is 44.9 Å². The maximum atomic E-state index is 5.93. The van der Waals surface area contributed by atoms with Gasteiger partial charge in [-0.1, -0.05) is 19.3 Å². The van der Waals surface area contributed by atoms with Gasteiger partial charge < -0.3 is 10.6 Å². The van der Waals surface area contributed by atoms with Crippen molar-refractivity contribution in [3.05, 3.63) is 12.1 Å². The Bertz CT molecular complexity index is 635. The van der Waals surface area contributed by atoms with Crippen LogP contribution in [0.15, 0.2) is 16.8 Å². The summed E-state index contributed by atoms with van der Waals surface area (Å²) < 4.78 is 4.88. The molecule has 0 amide bonds. The molecule has 5 heteroatoms. The maximum absolute atomic E-state index is 5.93. The zero-order valence-electron chi connectivity index (χ0n) is 12.3. The summed E-state index contributed by atoms with van der Waals surface area (Å²) in [6.45, 7) is 2.21. The Hall–Kier alpha value is -1.78. The first-order valence-electron chi connectivity index (χ1n) is 8.03. The van der Waals surface area contributed by atoms with Crippen LogP contribution in [-0.4, -0.2) is 23.4 Å². The molecule has 2 fully saturated rings. The second-order valence-electron chi connectivity index (χ2n) is 6.68. The number of piperidine rings is 1. The molecule has 1 spiro atoms. The Morgan fingerprint density at radius 1 is 0.952 bits per heavy atom. The SMILES string of the molecule is Nc1ccc(N2CCC3(CCCCC3)CC2)c2nonc12. The van der Waals surface area contributed by atoms with Gasteiger partial charge in [0.1, 0.15) is 0 Å². The van der Waals surface area contributed by atoms with Crippen LogP contribution in [-0.2, 0) is 0 Å². The van der Waals surface area contributed by atoms with Crippen molar-refractivity contribution >= 4 is 22.4 Å². The Kier molecular flexibility index (Phi) is 3.01. The average Bonchev–Trinajstić information content (AvgIpc) is 3.00. The van der Waals surface area contributed by atoms with Crippen molar-refractivity contribution in [3.8, 4) is 0 Å². The van der Waals surface area contributed by atoms with Crippen LogP contribution in [0.5, 0.6) is 0 Å². The number of hydrogen-bond acceptors (Lipinski definition) is 5. The summed E-state index contributed by atoms with van der Waals surface area (Å²) in [5.41, 5.74) is 9.78. The Morgan fingerprint density at radius 2 is 1.67 bits per heavy atom. The molecule has 1 saturated heterocycles. The molecular formula is C16H22N4O. The average molecular weight is 286 g/mol. The van der Waals surface area contributed by atoms with Crippen molar-refractivity contribution in [1.82, 2.24) is 10.3 Å². The second-order valence-corrected chi connectivity index (χ2v) is 6.68. The number of aromatic nitrogens is 2. The fraction of sp³-hybridized carbons (Fsp3) is 0.625. The van der Waals surface area contributed by atoms with E-state index >= 15 is 0 Å². The molecule has 112 valence electrons. The van der Waals surface area contributed by atoms with E-state index in [0.29, 0.717) is 16.6 Å². The molecule has 0 radical (unpaired) electrons. The molecule has 1 aromatic heterocycles. The summed E-state index contributed by atoms with van der Waals surface area (Å²) in [4.78, 5) is 2.42. The highest BCUT2D eigenvalue weighted by molar-refractivity contribution is 5.95. The molecule has 4 rings (SSSR count). The number of rotatable bonds is 1. The Balaban J connectivity index is 1.57. The van der Waals surface area contributed by atoms with E-state index < -0.39 is 0 Å². The third kappa shape index (κ3) is 2.15. The van der Waals surface area contributed by atoms with E-state index in [1.54, 1.807) is 0 Å². The van der Waals surface area contributed by atoms with Gasteiger partial charge in [0.25, 0.3) is 0 Å². The molecule has 2 N–H and O–H groups in total. The largest absolute Gasteiger partial charge is 0.397 e. The molecule has 2 aromatic rings. The molecule has 0 atom stereocenters. The van der Waals surface area contributed by atoms with E-state index in [2.05, 4.69) is 21.3 Å². The predicted octanol–water partition coefficient (Wildman–Crippen LogP) is 3.36. The topological polar surface area (TPSA) is 68.2 Å². The Labute approximate surface area is 124 Å². The first-order valence-corrected chi connectivity index (χ1v) is 8.03. The third-order valence-corrected chi connectivity index (χ3v) is 5.50. The van der Waals surface area contributed by atoms with Gasteiger partial charge in [-0.25, -0.2) is 4.63 Å². The maximum Gasteiger partial charge on any atom is 0.160 e. The number of hydrogen-bond donors (Lipinski definition) is 1. The summed E-state index contributed by atoms with van der Waals surface area (Å²) >= 11 is 0. The first kappa shape index (κ1) is 12.9. The van der Waals surface area contributed by atoms with Crippen LogP contribution in [0.4, 0.5) is 11.4 Å². The number of nitrogens with two attached hydrogens (primary N) is 1. The van der Waals surface area contributed by atoms with Crippen LogP contribution in [0.25, 0.3) is 11.0 Å². The number of anilines is 2. The van der Waals surface area contributed by atoms with Gasteiger partial charge in [0.2, 0.25) is 0 Å². The van der Waals surface area contributed by atoms with Gasteiger partial charge >= 0.3 is 0 Å². The summed E-state index contributed by atoms with van der Waals surface area (Å²) in [5, 5.41) is 7.97. The smallest absolute Gasteiger partial charge is 0.160 e. The van der Waals surface area contributed by atoms with Gasteiger partial charge in [-0.2, -0.15) is 0 Å². The van der Waals surface area contributed by atoms with Gasteiger partial charge in [0, 0.05) is 13.1 Å². The third-order valence-electron chi connectivity index (χ3n) is 5.50. The van der Waals surface area contributed by atoms with Crippen molar-refractivity contribution in [1.29, 1.82) is 0 Å². The fourth-order valence-corrected chi connectivity index (χ4v) is 4.15. The minimum atomic E-state index is 0.615. The van der Waals surface area contributed by atoms with E-state index in [0.717, 1.165) is 24.3 Å². The van der Waals surface area contributed by atoms with Crippen LogP contribution in [0.3, 0.4) is 0 Å². The Morgan fingerprint density at radius 3 is 2.43 bits per heavy atom. The molecule has 2 aliphatic rings. The second kappa shape index (κ2) is 4.90. The van der Waals surface area contributed by atoms with Gasteiger partial charge in [-0.3, -0.25) is 0 Å². The van der Waals surface area contributed by atoms with Gasteiger partial charge in [0.15, 0.2) is 11.0 Å². The van der Waals surface area contributed by atoms with Crippen molar-refractivity contribution in [3.63, 3.8) is 0 Å². The lowest BCUT2D eigenvalue weighted by Crippen LogP contribution is -2.41. The summed E-state index contributed by atoms with van der Waals surface area (Å²) in [6.07, 6.45) is 9.69. The number of fused-ring (bicyclic) bond motifs is 1. The molecule has 5 nitrogen and oxygen atoms in total. The monoisotopic (exact) mass is 286 g/mol. The minimum absolute atomic E-state index is 0.615. The predicted molar refractivity (Wildman–Crippen MR) is 83.2 cm³/mol. The highest BCUT2D eigenvalue weighted by Gasteiger charge is 2.36. The molecule has 1 aliphatic heterocycles. The molecule has 2 heterocycles. The highest BCUT2D eigenvalue weighted by atomic mass is 16.6. The van der Waals surface area contributed by atoms with E-state index in [1.807, 2.05) is 6.07 Å². The normalized spacial score (nSPS) is 22.0. The van der Waals surface area contributed by atoms with Crippen molar-refractivity contribution in [2.75, 3.05) is 23.7 Å². The number of nitrogen functional groups attached to an aromatic ring is 1. The van der Waals surface area contributed by atoms with Crippen LogP contribution in [0.2, 0.25) is 0 Å². The molecule has 0 bridgehead atoms. The lowest BCUT2D eigenvalue weighted by molar-refractivity contribution is 0.144. The standard InChI is InChI=1S/C16H22N4O/c17-12-4-5-13(15-14(12)18-21-19-15)20-10-8-16(9-11-20)6-2-1-3-7-16/h4-5H,1-3,6-11,17H2. The number of benzene rings is 1. The van der Waals surface area contributed by atoms with Gasteiger partial charge in [0.05, 0.1) is 11.4 Å². The van der Waals surface area contributed by atoms with E-state index in [9.17, 15) is 0 Å². The highest BCUT2D eigenvalue weighted by Crippen LogP contribution is 2.45. The van der Waals surface area contributed by atoms with Crippen LogP contribution < -0.4 is 10.6 Å². The van der Waals surface area contributed by atoms with Crippen LogP contribution in [0, 0.1) is 5.41 Å². The zero-order valence-corrected chi connectivity index (χ0v) is 12.3. The summed E-state index contributed by atoms with van der Waals surface area (Å²) in [6, 6.07) is 3.97. The molecule has 0 unspecified atom stereocenters. The van der Waals surface area contributed by atoms with Crippen LogP contribution in [0.1, 0.15) is 44.9 Å². The lowest BCUT2D eigenvalue weighted by atomic mass is 9.68. The van der Waals surface area contributed by atoms with E-state index in [4.69, 9.17) is 10.4 Å². The summed E-state index contributed by atoms with van der Waals surface area (Å²) in [5.74, 6) is 0. The van der Waals surface area contributed by atoms with Gasteiger partial charge in [-0.05, 0) is 53.5 Å². The van der Waals surface area contributed by atoms with E-state index in [-0.39, 0.29) is 0 Å². The quantitative estimate of drug-likeness (QED) is 0.814. The lowest BCUT2D eigenvalue weighted by Gasteiger charge is -2.45. The molecule has 1 aromatic carbocycles. The summed E-state index contributed by atoms with van der Waals surface area (Å²) in [7, 11) is 0. The van der Waals surface area contributed by atoms with E-state index in [1.165, 1.54) is 44.9 Å². The number of nitrogens with zero attached hydrogens (tertiary/aromatic N) is 3.